The van der Waals surface area contributed by atoms with Gasteiger partial charge in [-0.2, -0.15) is 0 Å². The van der Waals surface area contributed by atoms with Gasteiger partial charge in [0.1, 0.15) is 0 Å². The first-order valence-corrected chi connectivity index (χ1v) is 5.19. The number of nitrogens with two attached hydrogens (primary N) is 1. The average molecular weight is 170 g/mol. The van der Waals surface area contributed by atoms with Crippen LogP contribution in [0.15, 0.2) is 0 Å². The minimum atomic E-state index is 0.384. The van der Waals surface area contributed by atoms with E-state index >= 15 is 0 Å². The molecule has 0 amide bonds. The van der Waals surface area contributed by atoms with E-state index in [1.54, 1.807) is 0 Å². The van der Waals surface area contributed by atoms with Gasteiger partial charge in [0, 0.05) is 18.6 Å². The molecule has 0 aromatic carbocycles. The second-order valence-electron chi connectivity index (χ2n) is 4.27. The smallest absolute Gasteiger partial charge is 0.0194 e. The Labute approximate surface area is 75.9 Å². The molecule has 0 saturated heterocycles. The van der Waals surface area contributed by atoms with Gasteiger partial charge in [-0.05, 0) is 18.8 Å². The van der Waals surface area contributed by atoms with Crippen LogP contribution in [0.25, 0.3) is 0 Å². The van der Waals surface area contributed by atoms with Crippen molar-refractivity contribution in [1.82, 2.24) is 5.32 Å². The summed E-state index contributed by atoms with van der Waals surface area (Å²) < 4.78 is 0. The van der Waals surface area contributed by atoms with Crippen LogP contribution in [0.3, 0.4) is 0 Å². The van der Waals surface area contributed by atoms with Crippen LogP contribution in [0.1, 0.15) is 39.5 Å². The van der Waals surface area contributed by atoms with Crippen LogP contribution in [0, 0.1) is 5.92 Å². The molecule has 0 aromatic rings. The van der Waals surface area contributed by atoms with Gasteiger partial charge in [-0.3, -0.25) is 0 Å². The fraction of sp³-hybridized carbons (Fsp3) is 1.00. The molecular formula is C10H22N2. The van der Waals surface area contributed by atoms with Crippen LogP contribution >= 0.6 is 0 Å². The number of nitrogens with one attached hydrogen (secondary N) is 1. The molecule has 3 N–H and O–H groups in total. The van der Waals surface area contributed by atoms with E-state index in [9.17, 15) is 0 Å². The molecule has 0 aromatic heterocycles. The number of hydrogen-bond acceptors (Lipinski definition) is 2. The van der Waals surface area contributed by atoms with E-state index in [0.29, 0.717) is 12.1 Å². The Balaban J connectivity index is 2.13. The van der Waals surface area contributed by atoms with Crippen molar-refractivity contribution in [3.05, 3.63) is 0 Å². The lowest BCUT2D eigenvalue weighted by Crippen LogP contribution is -2.41. The van der Waals surface area contributed by atoms with Crippen LogP contribution in [0.2, 0.25) is 0 Å². The highest BCUT2D eigenvalue weighted by molar-refractivity contribution is 4.79. The molecule has 0 heterocycles. The summed E-state index contributed by atoms with van der Waals surface area (Å²) in [5, 5.41) is 3.40. The van der Waals surface area contributed by atoms with Gasteiger partial charge in [-0.25, -0.2) is 0 Å². The van der Waals surface area contributed by atoms with Gasteiger partial charge in [0.05, 0.1) is 0 Å². The standard InChI is InChI=1S/C10H22N2/c1-8(2)12-7-10(11)9-5-3-4-6-9/h8-10,12H,3-7,11H2,1-2H3. The van der Waals surface area contributed by atoms with E-state index in [0.717, 1.165) is 12.5 Å². The van der Waals surface area contributed by atoms with Gasteiger partial charge in [0.15, 0.2) is 0 Å². The van der Waals surface area contributed by atoms with Gasteiger partial charge >= 0.3 is 0 Å². The molecule has 12 heavy (non-hydrogen) atoms. The van der Waals surface area contributed by atoms with E-state index in [1.165, 1.54) is 25.7 Å². The zero-order valence-electron chi connectivity index (χ0n) is 8.34. The van der Waals surface area contributed by atoms with Crippen molar-refractivity contribution in [1.29, 1.82) is 0 Å². The first-order valence-electron chi connectivity index (χ1n) is 5.19. The maximum absolute atomic E-state index is 6.06. The second-order valence-corrected chi connectivity index (χ2v) is 4.27. The summed E-state index contributed by atoms with van der Waals surface area (Å²) in [6, 6.07) is 0.951. The zero-order chi connectivity index (χ0) is 8.97. The van der Waals surface area contributed by atoms with Crippen molar-refractivity contribution >= 4 is 0 Å². The van der Waals surface area contributed by atoms with Crippen LogP contribution in [0.5, 0.6) is 0 Å². The Hall–Kier alpha value is -0.0800. The van der Waals surface area contributed by atoms with Crippen LogP contribution in [-0.4, -0.2) is 18.6 Å². The van der Waals surface area contributed by atoms with Crippen molar-refractivity contribution in [2.75, 3.05) is 6.54 Å². The van der Waals surface area contributed by atoms with Crippen molar-refractivity contribution in [3.8, 4) is 0 Å². The summed E-state index contributed by atoms with van der Waals surface area (Å²) in [7, 11) is 0. The molecule has 1 fully saturated rings. The third-order valence-corrected chi connectivity index (χ3v) is 2.77. The maximum atomic E-state index is 6.06. The Kier molecular flexibility index (Phi) is 4.02. The van der Waals surface area contributed by atoms with E-state index in [1.807, 2.05) is 0 Å². The fourth-order valence-corrected chi connectivity index (χ4v) is 1.92. The van der Waals surface area contributed by atoms with Gasteiger partial charge in [0.25, 0.3) is 0 Å². The molecule has 2 nitrogen and oxygen atoms in total. The molecule has 72 valence electrons. The first kappa shape index (κ1) is 10.0. The molecule has 0 spiro atoms. The Morgan fingerprint density at radius 2 is 1.92 bits per heavy atom. The number of rotatable bonds is 4. The molecular weight excluding hydrogens is 148 g/mol. The van der Waals surface area contributed by atoms with Crippen molar-refractivity contribution in [3.63, 3.8) is 0 Å². The lowest BCUT2D eigenvalue weighted by Gasteiger charge is -2.20. The van der Waals surface area contributed by atoms with Gasteiger partial charge < -0.3 is 11.1 Å². The molecule has 1 saturated carbocycles. The van der Waals surface area contributed by atoms with Gasteiger partial charge in [-0.1, -0.05) is 26.7 Å². The van der Waals surface area contributed by atoms with Crippen LogP contribution in [0.4, 0.5) is 0 Å². The molecule has 0 bridgehead atoms. The molecule has 1 rings (SSSR count). The molecule has 0 aliphatic heterocycles. The predicted molar refractivity (Wildman–Crippen MR) is 53.1 cm³/mol. The molecule has 1 aliphatic carbocycles. The highest BCUT2D eigenvalue weighted by atomic mass is 14.9. The summed E-state index contributed by atoms with van der Waals surface area (Å²) in [5.74, 6) is 0.788. The molecule has 0 radical (unpaired) electrons. The summed E-state index contributed by atoms with van der Waals surface area (Å²) in [4.78, 5) is 0. The highest BCUT2D eigenvalue weighted by Crippen LogP contribution is 2.26. The average Bonchev–Trinajstić information content (AvgIpc) is 2.51. The minimum Gasteiger partial charge on any atom is -0.326 e. The van der Waals surface area contributed by atoms with Gasteiger partial charge in [0.2, 0.25) is 0 Å². The number of hydrogen-bond donors (Lipinski definition) is 2. The summed E-state index contributed by atoms with van der Waals surface area (Å²) in [6.45, 7) is 5.32. The Morgan fingerprint density at radius 1 is 1.33 bits per heavy atom. The van der Waals surface area contributed by atoms with Crippen LogP contribution < -0.4 is 11.1 Å². The maximum Gasteiger partial charge on any atom is 0.0194 e. The van der Waals surface area contributed by atoms with Crippen molar-refractivity contribution < 1.29 is 0 Å². The van der Waals surface area contributed by atoms with E-state index in [2.05, 4.69) is 19.2 Å². The van der Waals surface area contributed by atoms with E-state index in [-0.39, 0.29) is 0 Å². The molecule has 1 atom stereocenters. The van der Waals surface area contributed by atoms with E-state index in [4.69, 9.17) is 5.73 Å². The lowest BCUT2D eigenvalue weighted by molar-refractivity contribution is 0.397. The normalized spacial score (nSPS) is 22.0. The summed E-state index contributed by atoms with van der Waals surface area (Å²) >= 11 is 0. The Bertz CT molecular complexity index is 117. The third kappa shape index (κ3) is 3.11. The largest absolute Gasteiger partial charge is 0.326 e. The minimum absolute atomic E-state index is 0.384. The van der Waals surface area contributed by atoms with Crippen LogP contribution in [-0.2, 0) is 0 Å². The SMILES string of the molecule is CC(C)NCC(N)C1CCCC1. The van der Waals surface area contributed by atoms with E-state index < -0.39 is 0 Å². The second kappa shape index (κ2) is 4.83. The summed E-state index contributed by atoms with van der Waals surface area (Å²) in [5.41, 5.74) is 6.06. The Morgan fingerprint density at radius 3 is 2.42 bits per heavy atom. The highest BCUT2D eigenvalue weighted by Gasteiger charge is 2.21. The molecule has 1 unspecified atom stereocenters. The van der Waals surface area contributed by atoms with Crippen molar-refractivity contribution in [2.24, 2.45) is 11.7 Å². The molecule has 1 aliphatic rings. The first-order chi connectivity index (χ1) is 5.70. The van der Waals surface area contributed by atoms with Crippen molar-refractivity contribution in [2.45, 2.75) is 51.6 Å². The predicted octanol–water partition coefficient (Wildman–Crippen LogP) is 1.50. The quantitative estimate of drug-likeness (QED) is 0.671. The van der Waals surface area contributed by atoms with Gasteiger partial charge in [-0.15, -0.1) is 0 Å². The third-order valence-electron chi connectivity index (χ3n) is 2.77. The summed E-state index contributed by atoms with van der Waals surface area (Å²) in [6.07, 6.45) is 5.47. The zero-order valence-corrected chi connectivity index (χ0v) is 8.34. The lowest BCUT2D eigenvalue weighted by atomic mass is 9.99. The topological polar surface area (TPSA) is 38.0 Å². The molecule has 2 heteroatoms. The fourth-order valence-electron chi connectivity index (χ4n) is 1.92. The monoisotopic (exact) mass is 170 g/mol.